The van der Waals surface area contributed by atoms with Crippen molar-refractivity contribution < 1.29 is 0 Å². The van der Waals surface area contributed by atoms with Gasteiger partial charge in [0, 0.05) is 5.39 Å². The first kappa shape index (κ1) is 10.2. The van der Waals surface area contributed by atoms with E-state index in [-0.39, 0.29) is 0 Å². The van der Waals surface area contributed by atoms with Gasteiger partial charge in [0.15, 0.2) is 0 Å². The lowest BCUT2D eigenvalue weighted by atomic mass is 10.1. The fraction of sp³-hybridized carbons (Fsp3) is 0.100. The predicted molar refractivity (Wildman–Crippen MR) is 64.2 cm³/mol. The quantitative estimate of drug-likeness (QED) is 0.646. The molecular formula is C10H6BrCl2N. The van der Waals surface area contributed by atoms with Gasteiger partial charge in [-0.1, -0.05) is 23.2 Å². The Kier molecular flexibility index (Phi) is 2.69. The van der Waals surface area contributed by atoms with E-state index in [0.717, 1.165) is 21.1 Å². The molecule has 0 aliphatic carbocycles. The molecule has 1 nitrogen and oxygen atoms in total. The van der Waals surface area contributed by atoms with E-state index >= 15 is 0 Å². The summed E-state index contributed by atoms with van der Waals surface area (Å²) in [5.41, 5.74) is 1.81. The lowest BCUT2D eigenvalue weighted by molar-refractivity contribution is 1.32. The van der Waals surface area contributed by atoms with E-state index in [1.54, 1.807) is 12.1 Å². The fourth-order valence-corrected chi connectivity index (χ4v) is 2.44. The molecule has 4 heteroatoms. The molecule has 0 saturated heterocycles. The zero-order valence-electron chi connectivity index (χ0n) is 7.31. The van der Waals surface area contributed by atoms with Gasteiger partial charge >= 0.3 is 0 Å². The Bertz CT molecular complexity index is 511. The zero-order valence-corrected chi connectivity index (χ0v) is 10.4. The number of hydrogen-bond donors (Lipinski definition) is 0. The summed E-state index contributed by atoms with van der Waals surface area (Å²) in [4.78, 5) is 4.30. The summed E-state index contributed by atoms with van der Waals surface area (Å²) in [5, 5.41) is 2.22. The lowest BCUT2D eigenvalue weighted by Crippen LogP contribution is -1.86. The molecule has 1 heterocycles. The molecule has 0 radical (unpaired) electrons. The maximum Gasteiger partial charge on any atom is 0.107 e. The van der Waals surface area contributed by atoms with Crippen molar-refractivity contribution in [1.82, 2.24) is 4.98 Å². The number of rotatable bonds is 0. The molecule has 0 bridgehead atoms. The third-order valence-corrected chi connectivity index (χ3v) is 3.05. The minimum absolute atomic E-state index is 0.619. The van der Waals surface area contributed by atoms with Crippen molar-refractivity contribution in [3.05, 3.63) is 38.4 Å². The lowest BCUT2D eigenvalue weighted by Gasteiger charge is -2.05. The van der Waals surface area contributed by atoms with Gasteiger partial charge in [0.1, 0.15) is 4.60 Å². The number of fused-ring (bicyclic) bond motifs is 1. The molecule has 14 heavy (non-hydrogen) atoms. The number of pyridine rings is 1. The molecule has 0 saturated carbocycles. The van der Waals surface area contributed by atoms with Gasteiger partial charge in [0.2, 0.25) is 0 Å². The maximum atomic E-state index is 6.07. The molecule has 72 valence electrons. The monoisotopic (exact) mass is 289 g/mol. The Morgan fingerprint density at radius 3 is 2.57 bits per heavy atom. The van der Waals surface area contributed by atoms with E-state index in [9.17, 15) is 0 Å². The summed E-state index contributed by atoms with van der Waals surface area (Å²) in [7, 11) is 0. The highest BCUT2D eigenvalue weighted by atomic mass is 79.9. The van der Waals surface area contributed by atoms with Gasteiger partial charge in [0.05, 0.1) is 15.6 Å². The van der Waals surface area contributed by atoms with Gasteiger partial charge in [-0.15, -0.1) is 0 Å². The van der Waals surface area contributed by atoms with Crippen LogP contribution in [0.1, 0.15) is 5.56 Å². The minimum Gasteiger partial charge on any atom is -0.239 e. The normalized spacial score (nSPS) is 10.9. The second-order valence-corrected chi connectivity index (χ2v) is 4.64. The van der Waals surface area contributed by atoms with Crippen LogP contribution in [0.5, 0.6) is 0 Å². The molecule has 0 N–H and O–H groups in total. The molecular weight excluding hydrogens is 285 g/mol. The Hall–Kier alpha value is -0.310. The maximum absolute atomic E-state index is 6.07. The summed E-state index contributed by atoms with van der Waals surface area (Å²) in [6, 6.07) is 5.46. The van der Waals surface area contributed by atoms with Crippen molar-refractivity contribution in [3.63, 3.8) is 0 Å². The van der Waals surface area contributed by atoms with Crippen molar-refractivity contribution in [3.8, 4) is 0 Å². The van der Waals surface area contributed by atoms with E-state index in [2.05, 4.69) is 20.9 Å². The second-order valence-electron chi connectivity index (χ2n) is 3.01. The van der Waals surface area contributed by atoms with Gasteiger partial charge < -0.3 is 0 Å². The van der Waals surface area contributed by atoms with Gasteiger partial charge in [-0.3, -0.25) is 0 Å². The van der Waals surface area contributed by atoms with Gasteiger partial charge in [-0.2, -0.15) is 0 Å². The SMILES string of the molecule is Cc1cc(Br)nc2c(Cl)ccc(Cl)c12. The van der Waals surface area contributed by atoms with Crippen molar-refractivity contribution in [2.24, 2.45) is 0 Å². The van der Waals surface area contributed by atoms with Gasteiger partial charge in [0.25, 0.3) is 0 Å². The first-order valence-electron chi connectivity index (χ1n) is 4.00. The van der Waals surface area contributed by atoms with E-state index in [0.29, 0.717) is 10.0 Å². The average molecular weight is 291 g/mol. The number of aromatic nitrogens is 1. The zero-order chi connectivity index (χ0) is 10.3. The summed E-state index contributed by atoms with van der Waals surface area (Å²) in [6.07, 6.45) is 0. The first-order chi connectivity index (χ1) is 6.59. The van der Waals surface area contributed by atoms with Crippen LogP contribution in [0, 0.1) is 6.92 Å². The second kappa shape index (κ2) is 3.69. The van der Waals surface area contributed by atoms with Crippen LogP contribution in [0.2, 0.25) is 10.0 Å². The van der Waals surface area contributed by atoms with Crippen molar-refractivity contribution in [2.75, 3.05) is 0 Å². The predicted octanol–water partition coefficient (Wildman–Crippen LogP) is 4.61. The number of aryl methyl sites for hydroxylation is 1. The molecule has 1 aromatic heterocycles. The molecule has 0 aliphatic rings. The Morgan fingerprint density at radius 1 is 1.21 bits per heavy atom. The van der Waals surface area contributed by atoms with E-state index in [4.69, 9.17) is 23.2 Å². The molecule has 1 aromatic carbocycles. The van der Waals surface area contributed by atoms with Crippen molar-refractivity contribution >= 4 is 50.0 Å². The molecule has 2 rings (SSSR count). The molecule has 0 aliphatic heterocycles. The highest BCUT2D eigenvalue weighted by Crippen LogP contribution is 2.32. The summed E-state index contributed by atoms with van der Waals surface area (Å²) >= 11 is 15.4. The third-order valence-electron chi connectivity index (χ3n) is 2.03. The summed E-state index contributed by atoms with van der Waals surface area (Å²) < 4.78 is 0.770. The smallest absolute Gasteiger partial charge is 0.107 e. The summed E-state index contributed by atoms with van der Waals surface area (Å²) in [5.74, 6) is 0. The first-order valence-corrected chi connectivity index (χ1v) is 5.55. The van der Waals surface area contributed by atoms with Crippen molar-refractivity contribution in [1.29, 1.82) is 0 Å². The van der Waals surface area contributed by atoms with Crippen LogP contribution in [0.25, 0.3) is 10.9 Å². The minimum atomic E-state index is 0.619. The number of halogens is 3. The molecule has 0 fully saturated rings. The van der Waals surface area contributed by atoms with Crippen LogP contribution in [-0.2, 0) is 0 Å². The van der Waals surface area contributed by atoms with Crippen LogP contribution in [0.15, 0.2) is 22.8 Å². The molecule has 2 aromatic rings. The van der Waals surface area contributed by atoms with E-state index in [1.165, 1.54) is 0 Å². The highest BCUT2D eigenvalue weighted by molar-refractivity contribution is 9.10. The Balaban J connectivity index is 3.00. The molecule has 0 atom stereocenters. The van der Waals surface area contributed by atoms with Crippen LogP contribution in [-0.4, -0.2) is 4.98 Å². The van der Waals surface area contributed by atoms with Crippen LogP contribution >= 0.6 is 39.1 Å². The Labute approximate surface area is 100 Å². The van der Waals surface area contributed by atoms with Crippen LogP contribution < -0.4 is 0 Å². The third kappa shape index (κ3) is 1.62. The fourth-order valence-electron chi connectivity index (χ4n) is 1.42. The summed E-state index contributed by atoms with van der Waals surface area (Å²) in [6.45, 7) is 1.98. The standard InChI is InChI=1S/C10H6BrCl2N/c1-5-4-8(11)14-10-7(13)3-2-6(12)9(5)10/h2-4H,1H3. The Morgan fingerprint density at radius 2 is 1.86 bits per heavy atom. The highest BCUT2D eigenvalue weighted by Gasteiger charge is 2.08. The van der Waals surface area contributed by atoms with Gasteiger partial charge in [-0.05, 0) is 46.6 Å². The van der Waals surface area contributed by atoms with Crippen LogP contribution in [0.4, 0.5) is 0 Å². The van der Waals surface area contributed by atoms with E-state index < -0.39 is 0 Å². The topological polar surface area (TPSA) is 12.9 Å². The molecule has 0 unspecified atom stereocenters. The van der Waals surface area contributed by atoms with Crippen LogP contribution in [0.3, 0.4) is 0 Å². The molecule has 0 spiro atoms. The average Bonchev–Trinajstić information content (AvgIpc) is 2.10. The molecule has 0 amide bonds. The number of benzene rings is 1. The van der Waals surface area contributed by atoms with E-state index in [1.807, 2.05) is 13.0 Å². The van der Waals surface area contributed by atoms with Gasteiger partial charge in [-0.25, -0.2) is 4.98 Å². The number of hydrogen-bond acceptors (Lipinski definition) is 1. The number of nitrogens with zero attached hydrogens (tertiary/aromatic N) is 1. The largest absolute Gasteiger partial charge is 0.239 e. The van der Waals surface area contributed by atoms with Crippen molar-refractivity contribution in [2.45, 2.75) is 6.92 Å².